The summed E-state index contributed by atoms with van der Waals surface area (Å²) in [5.74, 6) is 0.199. The molecule has 0 aliphatic carbocycles. The van der Waals surface area contributed by atoms with Crippen LogP contribution < -0.4 is 5.32 Å². The first-order chi connectivity index (χ1) is 8.16. The maximum absolute atomic E-state index is 9.67. The van der Waals surface area contributed by atoms with Crippen molar-refractivity contribution in [1.82, 2.24) is 4.98 Å². The first kappa shape index (κ1) is 11.7. The van der Waals surface area contributed by atoms with Crippen LogP contribution >= 0.6 is 11.6 Å². The van der Waals surface area contributed by atoms with Crippen molar-refractivity contribution in [3.63, 3.8) is 0 Å². The summed E-state index contributed by atoms with van der Waals surface area (Å²) in [5, 5.41) is 13.4. The molecule has 0 aliphatic heterocycles. The zero-order chi connectivity index (χ0) is 12.3. The molecule has 0 radical (unpaired) electrons. The Morgan fingerprint density at radius 2 is 2.12 bits per heavy atom. The predicted molar refractivity (Wildman–Crippen MR) is 69.4 cm³/mol. The molecule has 0 bridgehead atoms. The standard InChI is InChI=1S/C13H13ClN2O/c1-9-5-6-10(7-15-9)16-8-11-12(14)3-2-4-13(11)17/h2-7,16-17H,8H2,1H3. The zero-order valence-corrected chi connectivity index (χ0v) is 10.2. The van der Waals surface area contributed by atoms with Crippen molar-refractivity contribution in [2.75, 3.05) is 5.32 Å². The lowest BCUT2D eigenvalue weighted by Crippen LogP contribution is -2.01. The monoisotopic (exact) mass is 248 g/mol. The van der Waals surface area contributed by atoms with E-state index in [4.69, 9.17) is 11.6 Å². The van der Waals surface area contributed by atoms with Crippen molar-refractivity contribution in [3.8, 4) is 5.75 Å². The Bertz CT molecular complexity index is 491. The molecule has 1 aromatic carbocycles. The van der Waals surface area contributed by atoms with Crippen molar-refractivity contribution >= 4 is 17.3 Å². The molecule has 4 heteroatoms. The molecule has 3 nitrogen and oxygen atoms in total. The van der Waals surface area contributed by atoms with Crippen molar-refractivity contribution in [2.24, 2.45) is 0 Å². The van der Waals surface area contributed by atoms with Crippen LogP contribution in [-0.4, -0.2) is 10.1 Å². The van der Waals surface area contributed by atoms with E-state index in [1.807, 2.05) is 19.1 Å². The minimum Gasteiger partial charge on any atom is -0.508 e. The fourth-order valence-corrected chi connectivity index (χ4v) is 1.72. The largest absolute Gasteiger partial charge is 0.508 e. The molecule has 1 heterocycles. The molecule has 2 rings (SSSR count). The van der Waals surface area contributed by atoms with E-state index in [9.17, 15) is 5.11 Å². The first-order valence-corrected chi connectivity index (χ1v) is 5.67. The van der Waals surface area contributed by atoms with Crippen LogP contribution in [0.3, 0.4) is 0 Å². The van der Waals surface area contributed by atoms with Crippen molar-refractivity contribution in [2.45, 2.75) is 13.5 Å². The normalized spacial score (nSPS) is 10.2. The highest BCUT2D eigenvalue weighted by molar-refractivity contribution is 6.31. The average Bonchev–Trinajstić information content (AvgIpc) is 2.31. The summed E-state index contributed by atoms with van der Waals surface area (Å²) in [4.78, 5) is 4.18. The van der Waals surface area contributed by atoms with Gasteiger partial charge in [-0.3, -0.25) is 4.98 Å². The summed E-state index contributed by atoms with van der Waals surface area (Å²) in [7, 11) is 0. The molecular formula is C13H13ClN2O. The molecule has 88 valence electrons. The Hall–Kier alpha value is -1.74. The first-order valence-electron chi connectivity index (χ1n) is 5.29. The van der Waals surface area contributed by atoms with Gasteiger partial charge < -0.3 is 10.4 Å². The molecule has 1 aromatic heterocycles. The summed E-state index contributed by atoms with van der Waals surface area (Å²) in [6, 6.07) is 8.96. The smallest absolute Gasteiger partial charge is 0.122 e. The predicted octanol–water partition coefficient (Wildman–Crippen LogP) is 3.36. The quantitative estimate of drug-likeness (QED) is 0.876. The van der Waals surface area contributed by atoms with Crippen LogP contribution in [0.15, 0.2) is 36.5 Å². The number of nitrogens with zero attached hydrogens (tertiary/aromatic N) is 1. The van der Waals surface area contributed by atoms with Gasteiger partial charge in [-0.2, -0.15) is 0 Å². The number of rotatable bonds is 3. The maximum Gasteiger partial charge on any atom is 0.122 e. The van der Waals surface area contributed by atoms with Gasteiger partial charge in [0.05, 0.1) is 11.9 Å². The Morgan fingerprint density at radius 3 is 2.76 bits per heavy atom. The summed E-state index contributed by atoms with van der Waals surface area (Å²) < 4.78 is 0. The number of phenols is 1. The number of nitrogens with one attached hydrogen (secondary N) is 1. The lowest BCUT2D eigenvalue weighted by atomic mass is 10.2. The second kappa shape index (κ2) is 5.06. The summed E-state index contributed by atoms with van der Waals surface area (Å²) >= 11 is 6.01. The molecule has 17 heavy (non-hydrogen) atoms. The van der Waals surface area contributed by atoms with E-state index in [1.165, 1.54) is 0 Å². The molecule has 0 aliphatic rings. The fourth-order valence-electron chi connectivity index (χ4n) is 1.49. The topological polar surface area (TPSA) is 45.1 Å². The van der Waals surface area contributed by atoms with Gasteiger partial charge in [-0.25, -0.2) is 0 Å². The van der Waals surface area contributed by atoms with Crippen molar-refractivity contribution in [3.05, 3.63) is 52.8 Å². The van der Waals surface area contributed by atoms with E-state index in [2.05, 4.69) is 10.3 Å². The zero-order valence-electron chi connectivity index (χ0n) is 9.44. The van der Waals surface area contributed by atoms with Crippen LogP contribution in [-0.2, 0) is 6.54 Å². The van der Waals surface area contributed by atoms with E-state index in [0.717, 1.165) is 11.4 Å². The van der Waals surface area contributed by atoms with Crippen LogP contribution in [0.4, 0.5) is 5.69 Å². The molecule has 2 N–H and O–H groups in total. The van der Waals surface area contributed by atoms with Gasteiger partial charge in [0.2, 0.25) is 0 Å². The number of hydrogen-bond acceptors (Lipinski definition) is 3. The van der Waals surface area contributed by atoms with E-state index < -0.39 is 0 Å². The molecule has 2 aromatic rings. The molecule has 0 spiro atoms. The Balaban J connectivity index is 2.10. The number of halogens is 1. The second-order valence-electron chi connectivity index (χ2n) is 3.78. The van der Waals surface area contributed by atoms with Gasteiger partial charge >= 0.3 is 0 Å². The number of aromatic nitrogens is 1. The third-order valence-electron chi connectivity index (χ3n) is 2.47. The lowest BCUT2D eigenvalue weighted by molar-refractivity contribution is 0.469. The summed E-state index contributed by atoms with van der Waals surface area (Å²) in [5.41, 5.74) is 2.56. The number of pyridine rings is 1. The third kappa shape index (κ3) is 2.88. The third-order valence-corrected chi connectivity index (χ3v) is 2.83. The molecular weight excluding hydrogens is 236 g/mol. The van der Waals surface area contributed by atoms with E-state index in [-0.39, 0.29) is 5.75 Å². The van der Waals surface area contributed by atoms with Crippen molar-refractivity contribution in [1.29, 1.82) is 0 Å². The maximum atomic E-state index is 9.67. The Kier molecular flexibility index (Phi) is 3.49. The van der Waals surface area contributed by atoms with Gasteiger partial charge in [0.1, 0.15) is 5.75 Å². The van der Waals surface area contributed by atoms with Crippen LogP contribution in [0, 0.1) is 6.92 Å². The van der Waals surface area contributed by atoms with E-state index in [0.29, 0.717) is 17.1 Å². The van der Waals surface area contributed by atoms with Crippen LogP contribution in [0.25, 0.3) is 0 Å². The number of aromatic hydroxyl groups is 1. The lowest BCUT2D eigenvalue weighted by Gasteiger charge is -2.09. The molecule has 0 amide bonds. The SMILES string of the molecule is Cc1ccc(NCc2c(O)cccc2Cl)cn1. The number of anilines is 1. The average molecular weight is 249 g/mol. The minimum absolute atomic E-state index is 0.199. The van der Waals surface area contributed by atoms with Crippen molar-refractivity contribution < 1.29 is 5.11 Å². The molecule has 0 atom stereocenters. The van der Waals surface area contributed by atoms with Gasteiger partial charge in [0, 0.05) is 22.8 Å². The fraction of sp³-hybridized carbons (Fsp3) is 0.154. The van der Waals surface area contributed by atoms with Gasteiger partial charge in [-0.1, -0.05) is 17.7 Å². The molecule has 0 fully saturated rings. The van der Waals surface area contributed by atoms with Gasteiger partial charge in [-0.05, 0) is 31.2 Å². The van der Waals surface area contributed by atoms with E-state index >= 15 is 0 Å². The van der Waals surface area contributed by atoms with Gasteiger partial charge in [0.25, 0.3) is 0 Å². The van der Waals surface area contributed by atoms with Gasteiger partial charge in [0.15, 0.2) is 0 Å². The van der Waals surface area contributed by atoms with Crippen LogP contribution in [0.2, 0.25) is 5.02 Å². The number of phenolic OH excluding ortho intramolecular Hbond substituents is 1. The Labute approximate surface area is 105 Å². The summed E-state index contributed by atoms with van der Waals surface area (Å²) in [6.45, 7) is 2.40. The van der Waals surface area contributed by atoms with E-state index in [1.54, 1.807) is 24.4 Å². The minimum atomic E-state index is 0.199. The highest BCUT2D eigenvalue weighted by atomic mass is 35.5. The number of aryl methyl sites for hydroxylation is 1. The number of hydrogen-bond donors (Lipinski definition) is 2. The molecule has 0 saturated carbocycles. The van der Waals surface area contributed by atoms with Crippen LogP contribution in [0.5, 0.6) is 5.75 Å². The van der Waals surface area contributed by atoms with Gasteiger partial charge in [-0.15, -0.1) is 0 Å². The Morgan fingerprint density at radius 1 is 1.29 bits per heavy atom. The number of benzene rings is 1. The highest BCUT2D eigenvalue weighted by Crippen LogP contribution is 2.25. The second-order valence-corrected chi connectivity index (χ2v) is 4.19. The summed E-state index contributed by atoms with van der Waals surface area (Å²) in [6.07, 6.45) is 1.75. The highest BCUT2D eigenvalue weighted by Gasteiger charge is 2.05. The molecule has 0 unspecified atom stereocenters. The van der Waals surface area contributed by atoms with Crippen LogP contribution in [0.1, 0.15) is 11.3 Å². The molecule has 0 saturated heterocycles.